The van der Waals surface area contributed by atoms with Crippen LogP contribution >= 0.6 is 0 Å². The van der Waals surface area contributed by atoms with Gasteiger partial charge in [-0.05, 0) is 5.92 Å². The van der Waals surface area contributed by atoms with E-state index in [1.54, 1.807) is 13.8 Å². The van der Waals surface area contributed by atoms with Gasteiger partial charge in [0.1, 0.15) is 5.97 Å². The topological polar surface area (TPSA) is 97.3 Å². The zero-order valence-corrected chi connectivity index (χ0v) is 9.40. The molecule has 1 unspecified atom stereocenters. The second-order valence-electron chi connectivity index (χ2n) is 3.08. The predicted octanol–water partition coefficient (Wildman–Crippen LogP) is -8.27. The molecule has 0 aromatic carbocycles. The minimum Gasteiger partial charge on any atom is -0.550 e. The van der Waals surface area contributed by atoms with Gasteiger partial charge in [-0.3, -0.25) is 4.79 Å². The van der Waals surface area contributed by atoms with Gasteiger partial charge in [0.15, 0.2) is 5.78 Å². The number of carbonyl (C=O) groups is 3. The van der Waals surface area contributed by atoms with Crippen molar-refractivity contribution in [3.63, 3.8) is 0 Å². The Bertz CT molecular complexity index is 239. The molecule has 0 aromatic rings. The fourth-order valence-electron chi connectivity index (χ4n) is 0.874. The largest absolute Gasteiger partial charge is 1.00 e. The van der Waals surface area contributed by atoms with Gasteiger partial charge in [0.25, 0.3) is 0 Å². The first-order chi connectivity index (χ1) is 5.86. The maximum atomic E-state index is 10.6. The Morgan fingerprint density at radius 3 is 1.67 bits per heavy atom. The van der Waals surface area contributed by atoms with Crippen LogP contribution in [0.2, 0.25) is 0 Å². The van der Waals surface area contributed by atoms with Gasteiger partial charge >= 0.3 is 37.7 Å². The van der Waals surface area contributed by atoms with E-state index in [0.29, 0.717) is 0 Å². The SMILES string of the molecule is CC(C)C(CC(=O)C(=O)[O-])C(=O)[O-].[Li+].[Li+]. The average Bonchev–Trinajstić information content (AvgIpc) is 1.97. The molecule has 0 aliphatic carbocycles. The Kier molecular flexibility index (Phi) is 12.2. The van der Waals surface area contributed by atoms with E-state index in [1.807, 2.05) is 0 Å². The maximum absolute atomic E-state index is 10.6. The molecule has 7 heteroatoms. The zero-order valence-electron chi connectivity index (χ0n) is 9.40. The van der Waals surface area contributed by atoms with Crippen molar-refractivity contribution in [1.29, 1.82) is 0 Å². The molecule has 1 atom stereocenters. The molecule has 15 heavy (non-hydrogen) atoms. The van der Waals surface area contributed by atoms with E-state index in [0.717, 1.165) is 0 Å². The monoisotopic (exact) mass is 200 g/mol. The number of carboxylic acid groups (broad SMARTS) is 2. The average molecular weight is 200 g/mol. The zero-order chi connectivity index (χ0) is 10.6. The van der Waals surface area contributed by atoms with E-state index in [2.05, 4.69) is 0 Å². The first kappa shape index (κ1) is 20.2. The van der Waals surface area contributed by atoms with E-state index in [-0.39, 0.29) is 43.6 Å². The van der Waals surface area contributed by atoms with Crippen LogP contribution in [0.5, 0.6) is 0 Å². The second kappa shape index (κ2) is 9.06. The van der Waals surface area contributed by atoms with E-state index in [4.69, 9.17) is 0 Å². The third-order valence-corrected chi connectivity index (χ3v) is 1.74. The fourth-order valence-corrected chi connectivity index (χ4v) is 0.874. The molecule has 5 nitrogen and oxygen atoms in total. The summed E-state index contributed by atoms with van der Waals surface area (Å²) >= 11 is 0. The third-order valence-electron chi connectivity index (χ3n) is 1.74. The fraction of sp³-hybridized carbons (Fsp3) is 0.625. The minimum atomic E-state index is -1.85. The van der Waals surface area contributed by atoms with Crippen molar-refractivity contribution in [2.24, 2.45) is 11.8 Å². The molecule has 0 aliphatic heterocycles. The summed E-state index contributed by atoms with van der Waals surface area (Å²) in [5.41, 5.74) is 0. The summed E-state index contributed by atoms with van der Waals surface area (Å²) in [5, 5.41) is 20.4. The van der Waals surface area contributed by atoms with Crippen LogP contribution in [0.15, 0.2) is 0 Å². The van der Waals surface area contributed by atoms with E-state index in [9.17, 15) is 24.6 Å². The first-order valence-electron chi connectivity index (χ1n) is 3.81. The number of rotatable bonds is 5. The van der Waals surface area contributed by atoms with E-state index >= 15 is 0 Å². The van der Waals surface area contributed by atoms with Crippen molar-refractivity contribution < 1.29 is 62.3 Å². The van der Waals surface area contributed by atoms with Crippen LogP contribution in [-0.2, 0) is 14.4 Å². The predicted molar refractivity (Wildman–Crippen MR) is 38.0 cm³/mol. The van der Waals surface area contributed by atoms with Gasteiger partial charge in [0, 0.05) is 18.3 Å². The van der Waals surface area contributed by atoms with E-state index in [1.165, 1.54) is 0 Å². The molecule has 0 rings (SSSR count). The molecule has 0 aliphatic rings. The van der Waals surface area contributed by atoms with E-state index < -0.39 is 30.1 Å². The van der Waals surface area contributed by atoms with Crippen LogP contribution in [0.1, 0.15) is 20.3 Å². The van der Waals surface area contributed by atoms with Crippen LogP contribution in [0, 0.1) is 11.8 Å². The van der Waals surface area contributed by atoms with Crippen molar-refractivity contribution in [2.75, 3.05) is 0 Å². The molecule has 0 fully saturated rings. The number of carboxylic acids is 2. The van der Waals surface area contributed by atoms with Gasteiger partial charge < -0.3 is 19.8 Å². The molecule has 0 spiro atoms. The van der Waals surface area contributed by atoms with Crippen LogP contribution in [0.25, 0.3) is 0 Å². The van der Waals surface area contributed by atoms with Crippen LogP contribution in [-0.4, -0.2) is 17.7 Å². The van der Waals surface area contributed by atoms with Gasteiger partial charge in [0.2, 0.25) is 0 Å². The molecule has 0 aromatic heterocycles. The van der Waals surface area contributed by atoms with Crippen LogP contribution in [0.4, 0.5) is 0 Å². The molecule has 0 amide bonds. The molecular formula is C8H10Li2O5. The van der Waals surface area contributed by atoms with Crippen molar-refractivity contribution >= 4 is 17.7 Å². The van der Waals surface area contributed by atoms with Crippen molar-refractivity contribution in [3.8, 4) is 0 Å². The first-order valence-corrected chi connectivity index (χ1v) is 3.81. The number of hydrogen-bond acceptors (Lipinski definition) is 5. The molecule has 0 N–H and O–H groups in total. The summed E-state index contributed by atoms with van der Waals surface area (Å²) in [5.74, 6) is -5.88. The Balaban J connectivity index is -0.000000720. The van der Waals surface area contributed by atoms with Crippen molar-refractivity contribution in [2.45, 2.75) is 20.3 Å². The number of Topliss-reactive ketones (excluding diaryl/α,β-unsaturated/α-hetero) is 1. The quantitative estimate of drug-likeness (QED) is 0.324. The molecular weight excluding hydrogens is 190 g/mol. The smallest absolute Gasteiger partial charge is 0.550 e. The van der Waals surface area contributed by atoms with Gasteiger partial charge in [0.05, 0.1) is 0 Å². The van der Waals surface area contributed by atoms with Gasteiger partial charge in [-0.25, -0.2) is 0 Å². The summed E-state index contributed by atoms with van der Waals surface area (Å²) in [7, 11) is 0. The van der Waals surface area contributed by atoms with Crippen molar-refractivity contribution in [3.05, 3.63) is 0 Å². The molecule has 74 valence electrons. The summed E-state index contributed by atoms with van der Waals surface area (Å²) in [6.07, 6.45) is -0.567. The number of carbonyl (C=O) groups excluding carboxylic acids is 3. The molecule has 0 bridgehead atoms. The van der Waals surface area contributed by atoms with Crippen molar-refractivity contribution in [1.82, 2.24) is 0 Å². The number of hydrogen-bond donors (Lipinski definition) is 0. The normalized spacial score (nSPS) is 10.9. The standard InChI is InChI=1S/C8H12O5.2Li/c1-4(2)5(7(10)11)3-6(9)8(12)13;;/h4-5H,3H2,1-2H3,(H,10,11)(H,12,13);;/q;2*+1/p-2. The van der Waals surface area contributed by atoms with Gasteiger partial charge in [-0.1, -0.05) is 13.8 Å². The second-order valence-corrected chi connectivity index (χ2v) is 3.08. The number of aliphatic carboxylic acids is 2. The Morgan fingerprint density at radius 2 is 1.47 bits per heavy atom. The third kappa shape index (κ3) is 7.70. The summed E-state index contributed by atoms with van der Waals surface area (Å²) in [4.78, 5) is 31.0. The van der Waals surface area contributed by atoms with Crippen LogP contribution in [0.3, 0.4) is 0 Å². The van der Waals surface area contributed by atoms with Gasteiger partial charge in [-0.15, -0.1) is 0 Å². The number of ketones is 1. The Hall–Kier alpha value is -0.195. The maximum Gasteiger partial charge on any atom is 1.00 e. The molecule has 0 radical (unpaired) electrons. The Labute approximate surface area is 112 Å². The minimum absolute atomic E-state index is 0. The molecule has 0 saturated carbocycles. The Morgan fingerprint density at radius 1 is 1.07 bits per heavy atom. The molecule has 0 heterocycles. The summed E-state index contributed by atoms with van der Waals surface area (Å²) in [6, 6.07) is 0. The van der Waals surface area contributed by atoms with Gasteiger partial charge in [-0.2, -0.15) is 0 Å². The molecule has 0 saturated heterocycles. The van der Waals surface area contributed by atoms with Crippen LogP contribution < -0.4 is 47.9 Å². The summed E-state index contributed by atoms with van der Waals surface area (Å²) < 4.78 is 0. The summed E-state index contributed by atoms with van der Waals surface area (Å²) in [6.45, 7) is 3.14.